The maximum absolute atomic E-state index is 5.48. The highest BCUT2D eigenvalue weighted by Crippen LogP contribution is 2.10. The number of nitrogens with zero attached hydrogens (tertiary/aromatic N) is 3. The van der Waals surface area contributed by atoms with E-state index in [9.17, 15) is 0 Å². The maximum atomic E-state index is 5.48. The van der Waals surface area contributed by atoms with Crippen LogP contribution in [0.25, 0.3) is 11.3 Å². The van der Waals surface area contributed by atoms with Gasteiger partial charge in [0.15, 0.2) is 0 Å². The van der Waals surface area contributed by atoms with Crippen molar-refractivity contribution in [2.75, 3.05) is 6.54 Å². The third kappa shape index (κ3) is 1.94. The molecular formula is C11H12N4. The van der Waals surface area contributed by atoms with E-state index in [1.807, 2.05) is 36.5 Å². The molecule has 4 heteroatoms. The van der Waals surface area contributed by atoms with E-state index in [1.54, 1.807) is 4.68 Å². The number of benzene rings is 1. The Morgan fingerprint density at radius 3 is 2.73 bits per heavy atom. The second kappa shape index (κ2) is 4.06. The van der Waals surface area contributed by atoms with Gasteiger partial charge in [-0.2, -0.15) is 0 Å². The van der Waals surface area contributed by atoms with Gasteiger partial charge in [0, 0.05) is 6.54 Å². The van der Waals surface area contributed by atoms with Crippen molar-refractivity contribution in [3.05, 3.63) is 48.8 Å². The van der Waals surface area contributed by atoms with Crippen LogP contribution in [0.4, 0.5) is 0 Å². The fourth-order valence-electron chi connectivity index (χ4n) is 1.24. The van der Waals surface area contributed by atoms with Crippen molar-refractivity contribution < 1.29 is 0 Å². The molecule has 0 fully saturated rings. The van der Waals surface area contributed by atoms with Gasteiger partial charge in [-0.3, -0.25) is 0 Å². The molecule has 4 nitrogen and oxygen atoms in total. The quantitative estimate of drug-likeness (QED) is 0.811. The molecule has 2 N–H and O–H groups in total. The second-order valence-corrected chi connectivity index (χ2v) is 3.19. The molecule has 1 heterocycles. The summed E-state index contributed by atoms with van der Waals surface area (Å²) in [6.45, 7) is 4.21. The largest absolute Gasteiger partial charge is 0.326 e. The first-order valence-corrected chi connectivity index (χ1v) is 4.67. The van der Waals surface area contributed by atoms with Crippen molar-refractivity contribution in [3.8, 4) is 5.69 Å². The molecule has 0 saturated carbocycles. The molecule has 15 heavy (non-hydrogen) atoms. The van der Waals surface area contributed by atoms with Gasteiger partial charge < -0.3 is 5.73 Å². The lowest BCUT2D eigenvalue weighted by molar-refractivity contribution is 0.802. The van der Waals surface area contributed by atoms with E-state index in [2.05, 4.69) is 16.9 Å². The molecule has 1 aromatic carbocycles. The minimum Gasteiger partial charge on any atom is -0.326 e. The van der Waals surface area contributed by atoms with Crippen molar-refractivity contribution >= 4 is 5.57 Å². The molecule has 2 aromatic rings. The van der Waals surface area contributed by atoms with E-state index >= 15 is 0 Å². The smallest absolute Gasteiger partial charge is 0.110 e. The number of aromatic nitrogens is 3. The van der Waals surface area contributed by atoms with Gasteiger partial charge in [0.1, 0.15) is 5.69 Å². The van der Waals surface area contributed by atoms with Gasteiger partial charge in [0.05, 0.1) is 11.9 Å². The molecule has 0 spiro atoms. The molecule has 0 aliphatic carbocycles. The summed E-state index contributed by atoms with van der Waals surface area (Å²) in [5.41, 5.74) is 7.98. The predicted molar refractivity (Wildman–Crippen MR) is 59.4 cm³/mol. The number of rotatable bonds is 3. The first-order chi connectivity index (χ1) is 7.31. The molecule has 0 radical (unpaired) electrons. The van der Waals surface area contributed by atoms with Crippen LogP contribution in [-0.2, 0) is 0 Å². The molecule has 2 rings (SSSR count). The zero-order valence-corrected chi connectivity index (χ0v) is 8.30. The molecule has 0 amide bonds. The van der Waals surface area contributed by atoms with Gasteiger partial charge >= 0.3 is 0 Å². The Kier molecular flexibility index (Phi) is 2.60. The summed E-state index contributed by atoms with van der Waals surface area (Å²) in [5.74, 6) is 0. The van der Waals surface area contributed by atoms with Crippen LogP contribution >= 0.6 is 0 Å². The van der Waals surface area contributed by atoms with Crippen LogP contribution in [0.3, 0.4) is 0 Å². The van der Waals surface area contributed by atoms with Crippen LogP contribution in [0.15, 0.2) is 43.1 Å². The Hall–Kier alpha value is -1.94. The van der Waals surface area contributed by atoms with Crippen molar-refractivity contribution in [3.63, 3.8) is 0 Å². The minimum atomic E-state index is 0.396. The van der Waals surface area contributed by atoms with Gasteiger partial charge in [-0.25, -0.2) is 4.68 Å². The summed E-state index contributed by atoms with van der Waals surface area (Å²) in [4.78, 5) is 0. The number of hydrogen-bond acceptors (Lipinski definition) is 3. The van der Waals surface area contributed by atoms with Gasteiger partial charge in [0.25, 0.3) is 0 Å². The summed E-state index contributed by atoms with van der Waals surface area (Å²) in [6, 6.07) is 9.79. The standard InChI is InChI=1S/C11H12N4/c1-9(7-12)11-8-15(14-13-11)10-5-3-2-4-6-10/h2-6,8H,1,7,12H2. The zero-order valence-electron chi connectivity index (χ0n) is 8.30. The van der Waals surface area contributed by atoms with E-state index < -0.39 is 0 Å². The Morgan fingerprint density at radius 1 is 1.33 bits per heavy atom. The van der Waals surface area contributed by atoms with Crippen molar-refractivity contribution in [2.24, 2.45) is 5.73 Å². The first kappa shape index (κ1) is 9.61. The van der Waals surface area contributed by atoms with Crippen LogP contribution in [0.5, 0.6) is 0 Å². The topological polar surface area (TPSA) is 56.7 Å². The molecule has 0 unspecified atom stereocenters. The van der Waals surface area contributed by atoms with E-state index in [4.69, 9.17) is 5.73 Å². The number of hydrogen-bond donors (Lipinski definition) is 1. The average molecular weight is 200 g/mol. The van der Waals surface area contributed by atoms with E-state index in [-0.39, 0.29) is 0 Å². The summed E-state index contributed by atoms with van der Waals surface area (Å²) >= 11 is 0. The average Bonchev–Trinajstić information content (AvgIpc) is 2.78. The van der Waals surface area contributed by atoms with Crippen LogP contribution in [-0.4, -0.2) is 21.5 Å². The highest BCUT2D eigenvalue weighted by atomic mass is 15.4. The highest BCUT2D eigenvalue weighted by molar-refractivity contribution is 5.60. The molecule has 0 bridgehead atoms. The van der Waals surface area contributed by atoms with Gasteiger partial charge in [0.2, 0.25) is 0 Å². The maximum Gasteiger partial charge on any atom is 0.110 e. The monoisotopic (exact) mass is 200 g/mol. The lowest BCUT2D eigenvalue weighted by Gasteiger charge is -1.97. The molecule has 0 atom stereocenters. The molecule has 1 aromatic heterocycles. The van der Waals surface area contributed by atoms with Gasteiger partial charge in [-0.05, 0) is 17.7 Å². The Morgan fingerprint density at radius 2 is 2.07 bits per heavy atom. The first-order valence-electron chi connectivity index (χ1n) is 4.67. The van der Waals surface area contributed by atoms with Gasteiger partial charge in [-0.1, -0.05) is 30.0 Å². The van der Waals surface area contributed by atoms with E-state index in [0.29, 0.717) is 6.54 Å². The number of para-hydroxylation sites is 1. The Bertz CT molecular complexity index is 458. The molecule has 0 aliphatic rings. The van der Waals surface area contributed by atoms with Crippen LogP contribution in [0.1, 0.15) is 5.69 Å². The molecular weight excluding hydrogens is 188 g/mol. The fourth-order valence-corrected chi connectivity index (χ4v) is 1.24. The van der Waals surface area contributed by atoms with Crippen LogP contribution < -0.4 is 5.73 Å². The Balaban J connectivity index is 2.32. The lowest BCUT2D eigenvalue weighted by Crippen LogP contribution is -2.00. The predicted octanol–water partition coefficient (Wildman–Crippen LogP) is 1.24. The summed E-state index contributed by atoms with van der Waals surface area (Å²) in [5, 5.41) is 8.00. The van der Waals surface area contributed by atoms with Crippen molar-refractivity contribution in [1.82, 2.24) is 15.0 Å². The lowest BCUT2D eigenvalue weighted by atomic mass is 10.2. The SMILES string of the molecule is C=C(CN)c1cn(-c2ccccc2)nn1. The number of nitrogens with two attached hydrogens (primary N) is 1. The van der Waals surface area contributed by atoms with E-state index in [0.717, 1.165) is 17.0 Å². The van der Waals surface area contributed by atoms with Crippen molar-refractivity contribution in [1.29, 1.82) is 0 Å². The van der Waals surface area contributed by atoms with Crippen LogP contribution in [0, 0.1) is 0 Å². The normalized spacial score (nSPS) is 10.2. The zero-order chi connectivity index (χ0) is 10.7. The highest BCUT2D eigenvalue weighted by Gasteiger charge is 2.03. The summed E-state index contributed by atoms with van der Waals surface area (Å²) in [6.07, 6.45) is 1.82. The van der Waals surface area contributed by atoms with Gasteiger partial charge in [-0.15, -0.1) is 5.10 Å². The summed E-state index contributed by atoms with van der Waals surface area (Å²) in [7, 11) is 0. The van der Waals surface area contributed by atoms with E-state index in [1.165, 1.54) is 0 Å². The Labute approximate surface area is 88.0 Å². The molecule has 76 valence electrons. The second-order valence-electron chi connectivity index (χ2n) is 3.19. The molecule has 0 saturated heterocycles. The summed E-state index contributed by atoms with van der Waals surface area (Å²) < 4.78 is 1.70. The minimum absolute atomic E-state index is 0.396. The fraction of sp³-hybridized carbons (Fsp3) is 0.0909. The third-order valence-corrected chi connectivity index (χ3v) is 2.12. The van der Waals surface area contributed by atoms with Crippen molar-refractivity contribution in [2.45, 2.75) is 0 Å². The molecule has 0 aliphatic heterocycles. The third-order valence-electron chi connectivity index (χ3n) is 2.12. The van der Waals surface area contributed by atoms with Crippen LogP contribution in [0.2, 0.25) is 0 Å².